The number of H-pyrrole nitrogens is 1. The average Bonchev–Trinajstić information content (AvgIpc) is 3.52. The summed E-state index contributed by atoms with van der Waals surface area (Å²) in [5, 5.41) is 6.65. The quantitative estimate of drug-likeness (QED) is 0.341. The zero-order valence-electron chi connectivity index (χ0n) is 24.4. The van der Waals surface area contributed by atoms with E-state index in [9.17, 15) is 9.59 Å². The van der Waals surface area contributed by atoms with Crippen molar-refractivity contribution in [3.8, 4) is 17.1 Å². The largest absolute Gasteiger partial charge is 0.367 e. The number of nitrogens with zero attached hydrogens (tertiary/aromatic N) is 7. The molecule has 0 saturated carbocycles. The molecule has 1 N–H and O–H groups in total. The second kappa shape index (κ2) is 10.6. The summed E-state index contributed by atoms with van der Waals surface area (Å²) in [5.41, 5.74) is 6.20. The van der Waals surface area contributed by atoms with Crippen LogP contribution < -0.4 is 5.43 Å². The van der Waals surface area contributed by atoms with E-state index in [0.29, 0.717) is 17.1 Å². The maximum Gasteiger partial charge on any atom is 0.270 e. The molecule has 10 heteroatoms. The van der Waals surface area contributed by atoms with Gasteiger partial charge in [0.2, 0.25) is 0 Å². The van der Waals surface area contributed by atoms with E-state index in [-0.39, 0.29) is 11.3 Å². The molecule has 6 rings (SSSR count). The number of piperazine rings is 1. The minimum absolute atomic E-state index is 0.0740. The number of aromatic nitrogens is 6. The predicted octanol–water partition coefficient (Wildman–Crippen LogP) is 4.01. The number of hydrogen-bond acceptors (Lipinski definition) is 6. The molecule has 1 aliphatic heterocycles. The van der Waals surface area contributed by atoms with Crippen molar-refractivity contribution in [3.63, 3.8) is 0 Å². The highest BCUT2D eigenvalue weighted by Gasteiger charge is 2.28. The van der Waals surface area contributed by atoms with E-state index in [1.807, 2.05) is 47.2 Å². The molecule has 0 aliphatic carbocycles. The summed E-state index contributed by atoms with van der Waals surface area (Å²) in [6.07, 6.45) is 6.78. The summed E-state index contributed by atoms with van der Waals surface area (Å²) in [5.74, 6) is 0.746. The predicted molar refractivity (Wildman–Crippen MR) is 161 cm³/mol. The third-order valence-corrected chi connectivity index (χ3v) is 8.36. The van der Waals surface area contributed by atoms with Gasteiger partial charge in [-0.1, -0.05) is 20.3 Å². The Hall–Kier alpha value is -4.31. The third-order valence-electron chi connectivity index (χ3n) is 8.36. The van der Waals surface area contributed by atoms with Crippen molar-refractivity contribution in [2.45, 2.75) is 40.5 Å². The highest BCUT2D eigenvalue weighted by Crippen LogP contribution is 2.32. The lowest BCUT2D eigenvalue weighted by Gasteiger charge is -2.34. The SMILES string of the molecule is CCCc1nc(-n2ncc3c(C)nc(-c4c[nH]ccc4=O)cc32)cc2c1c(C)c(C(=O)N1CCN(CC)CC1)n2C. The molecule has 1 amide bonds. The van der Waals surface area contributed by atoms with Crippen molar-refractivity contribution in [1.29, 1.82) is 0 Å². The molecular weight excluding hydrogens is 516 g/mol. The Bertz CT molecular complexity index is 1840. The van der Waals surface area contributed by atoms with Crippen LogP contribution in [0.25, 0.3) is 38.9 Å². The molecule has 6 heterocycles. The highest BCUT2D eigenvalue weighted by atomic mass is 16.2. The standard InChI is InChI=1S/C31H36N8O2/c1-6-8-23-29-19(3)30(31(41)38-13-11-37(7-2)12-14-38)36(5)26(29)16-28(35-23)39-25-15-24(22-17-32-10-9-27(22)40)34-20(4)21(25)18-33-39/h9-10,15-18H,6-8,11-14H2,1-5H3,(H,32,40). The molecular formula is C31H36N8O2. The molecule has 1 fully saturated rings. The molecule has 10 nitrogen and oxygen atoms in total. The summed E-state index contributed by atoms with van der Waals surface area (Å²) in [7, 11) is 1.97. The lowest BCUT2D eigenvalue weighted by atomic mass is 10.1. The number of carbonyl (C=O) groups is 1. The zero-order chi connectivity index (χ0) is 28.8. The van der Waals surface area contributed by atoms with Gasteiger partial charge in [-0.3, -0.25) is 14.6 Å². The second-order valence-corrected chi connectivity index (χ2v) is 10.8. The molecule has 1 saturated heterocycles. The Balaban J connectivity index is 1.50. The Kier molecular flexibility index (Phi) is 6.94. The smallest absolute Gasteiger partial charge is 0.270 e. The third kappa shape index (κ3) is 4.52. The van der Waals surface area contributed by atoms with Crippen LogP contribution in [0.1, 0.15) is 47.7 Å². The topological polar surface area (TPSA) is 105 Å². The van der Waals surface area contributed by atoms with Crippen molar-refractivity contribution in [3.05, 3.63) is 69.7 Å². The molecule has 0 bridgehead atoms. The van der Waals surface area contributed by atoms with Gasteiger partial charge in [-0.2, -0.15) is 5.10 Å². The minimum Gasteiger partial charge on any atom is -0.367 e. The van der Waals surface area contributed by atoms with Crippen molar-refractivity contribution in [2.75, 3.05) is 32.7 Å². The number of aromatic amines is 1. The maximum absolute atomic E-state index is 13.8. The van der Waals surface area contributed by atoms with Crippen molar-refractivity contribution in [1.82, 2.24) is 39.1 Å². The number of amides is 1. The van der Waals surface area contributed by atoms with Crippen LogP contribution in [0.2, 0.25) is 0 Å². The van der Waals surface area contributed by atoms with Gasteiger partial charge >= 0.3 is 0 Å². The number of nitrogens with one attached hydrogen (secondary N) is 1. The van der Waals surface area contributed by atoms with E-state index in [1.54, 1.807) is 18.6 Å². The molecule has 0 unspecified atom stereocenters. The van der Waals surface area contributed by atoms with Gasteiger partial charge < -0.3 is 19.4 Å². The van der Waals surface area contributed by atoms with Crippen LogP contribution >= 0.6 is 0 Å². The van der Waals surface area contributed by atoms with Crippen LogP contribution in [0.5, 0.6) is 0 Å². The van der Waals surface area contributed by atoms with Crippen LogP contribution in [0.15, 0.2) is 41.6 Å². The minimum atomic E-state index is -0.0987. The molecule has 0 spiro atoms. The number of pyridine rings is 3. The zero-order valence-corrected chi connectivity index (χ0v) is 24.4. The van der Waals surface area contributed by atoms with E-state index in [0.717, 1.165) is 90.0 Å². The van der Waals surface area contributed by atoms with Gasteiger partial charge in [0.15, 0.2) is 11.2 Å². The fraction of sp³-hybridized carbons (Fsp3) is 0.387. The number of fused-ring (bicyclic) bond motifs is 2. The van der Waals surface area contributed by atoms with Crippen molar-refractivity contribution in [2.24, 2.45) is 7.05 Å². The summed E-state index contributed by atoms with van der Waals surface area (Å²) in [4.78, 5) is 43.5. The van der Waals surface area contributed by atoms with Gasteiger partial charge in [-0.15, -0.1) is 0 Å². The van der Waals surface area contributed by atoms with E-state index >= 15 is 0 Å². The van der Waals surface area contributed by atoms with Crippen LogP contribution in [0.4, 0.5) is 0 Å². The molecule has 41 heavy (non-hydrogen) atoms. The van der Waals surface area contributed by atoms with Gasteiger partial charge in [-0.25, -0.2) is 9.67 Å². The molecule has 1 aliphatic rings. The highest BCUT2D eigenvalue weighted by molar-refractivity contribution is 6.02. The van der Waals surface area contributed by atoms with Crippen LogP contribution in [-0.4, -0.2) is 77.7 Å². The lowest BCUT2D eigenvalue weighted by Crippen LogP contribution is -2.48. The van der Waals surface area contributed by atoms with Gasteiger partial charge in [0.1, 0.15) is 5.69 Å². The molecule has 5 aromatic heterocycles. The maximum atomic E-state index is 13.8. The van der Waals surface area contributed by atoms with Crippen molar-refractivity contribution >= 4 is 27.7 Å². The fourth-order valence-corrected chi connectivity index (χ4v) is 6.09. The average molecular weight is 553 g/mol. The van der Waals surface area contributed by atoms with E-state index in [4.69, 9.17) is 15.1 Å². The number of carbonyl (C=O) groups excluding carboxylic acids is 1. The molecule has 0 atom stereocenters. The van der Waals surface area contributed by atoms with Crippen LogP contribution in [0, 0.1) is 13.8 Å². The van der Waals surface area contributed by atoms with Gasteiger partial charge in [0.25, 0.3) is 5.91 Å². The summed E-state index contributed by atoms with van der Waals surface area (Å²) < 4.78 is 3.84. The van der Waals surface area contributed by atoms with Crippen LogP contribution in [0.3, 0.4) is 0 Å². The first kappa shape index (κ1) is 26.9. The molecule has 212 valence electrons. The first-order chi connectivity index (χ1) is 19.8. The molecule has 0 aromatic carbocycles. The Morgan fingerprint density at radius 3 is 2.54 bits per heavy atom. The fourth-order valence-electron chi connectivity index (χ4n) is 6.09. The normalized spacial score (nSPS) is 14.4. The van der Waals surface area contributed by atoms with Crippen LogP contribution in [-0.2, 0) is 13.5 Å². The number of hydrogen-bond donors (Lipinski definition) is 1. The number of rotatable bonds is 6. The van der Waals surface area contributed by atoms with E-state index in [1.165, 1.54) is 6.07 Å². The number of likely N-dealkylation sites (N-methyl/N-ethyl adjacent to an activating group) is 1. The van der Waals surface area contributed by atoms with Crippen molar-refractivity contribution < 1.29 is 4.79 Å². The Labute approximate surface area is 238 Å². The summed E-state index contributed by atoms with van der Waals surface area (Å²) in [6.45, 7) is 12.5. The first-order valence-electron chi connectivity index (χ1n) is 14.4. The van der Waals surface area contributed by atoms with Gasteiger partial charge in [0, 0.05) is 74.2 Å². The lowest BCUT2D eigenvalue weighted by molar-refractivity contribution is 0.0633. The van der Waals surface area contributed by atoms with E-state index in [2.05, 4.69) is 23.7 Å². The molecule has 5 aromatic rings. The van der Waals surface area contributed by atoms with Gasteiger partial charge in [-0.05, 0) is 38.4 Å². The molecule has 0 radical (unpaired) electrons. The summed E-state index contributed by atoms with van der Waals surface area (Å²) in [6, 6.07) is 5.41. The van der Waals surface area contributed by atoms with E-state index < -0.39 is 0 Å². The number of aryl methyl sites for hydroxylation is 4. The second-order valence-electron chi connectivity index (χ2n) is 10.8. The Morgan fingerprint density at radius 1 is 1.05 bits per heavy atom. The van der Waals surface area contributed by atoms with Gasteiger partial charge in [0.05, 0.1) is 34.2 Å². The Morgan fingerprint density at radius 2 is 1.83 bits per heavy atom. The summed E-state index contributed by atoms with van der Waals surface area (Å²) >= 11 is 0. The monoisotopic (exact) mass is 552 g/mol. The first-order valence-corrected chi connectivity index (χ1v) is 14.4.